The van der Waals surface area contributed by atoms with Crippen LogP contribution in [0.25, 0.3) is 10.9 Å². The first kappa shape index (κ1) is 13.1. The van der Waals surface area contributed by atoms with E-state index in [1.165, 1.54) is 4.90 Å². The number of benzene rings is 1. The normalized spacial score (nSPS) is 10.9. The van der Waals surface area contributed by atoms with Crippen LogP contribution in [-0.2, 0) is 4.79 Å². The summed E-state index contributed by atoms with van der Waals surface area (Å²) in [6.45, 7) is 3.65. The molecule has 2 aromatic rings. The second-order valence-corrected chi connectivity index (χ2v) is 4.77. The number of H-pyrrole nitrogens is 1. The van der Waals surface area contributed by atoms with Gasteiger partial charge >= 0.3 is 0 Å². The Labute approximate surface area is 111 Å². The molecule has 1 aromatic carbocycles. The SMILES string of the molecule is CC(C)N(CC(N)=O)C(=O)c1ccc2[nH]ccc2c1. The first-order chi connectivity index (χ1) is 8.99. The van der Waals surface area contributed by atoms with E-state index in [4.69, 9.17) is 5.73 Å². The Kier molecular flexibility index (Phi) is 3.55. The molecule has 0 bridgehead atoms. The van der Waals surface area contributed by atoms with Crippen LogP contribution in [0, 0.1) is 0 Å². The van der Waals surface area contributed by atoms with E-state index in [0.29, 0.717) is 5.56 Å². The Bertz CT molecular complexity index is 616. The lowest BCUT2D eigenvalue weighted by Gasteiger charge is -2.25. The van der Waals surface area contributed by atoms with Crippen LogP contribution in [0.3, 0.4) is 0 Å². The van der Waals surface area contributed by atoms with Crippen LogP contribution < -0.4 is 5.73 Å². The molecule has 1 aromatic heterocycles. The molecule has 0 aliphatic carbocycles. The van der Waals surface area contributed by atoms with Crippen molar-refractivity contribution in [2.75, 3.05) is 6.54 Å². The van der Waals surface area contributed by atoms with Gasteiger partial charge in [0.05, 0.1) is 6.54 Å². The summed E-state index contributed by atoms with van der Waals surface area (Å²) in [5, 5.41) is 0.966. The summed E-state index contributed by atoms with van der Waals surface area (Å²) in [5.74, 6) is -0.693. The minimum atomic E-state index is -0.509. The Hall–Kier alpha value is -2.30. The molecule has 0 saturated carbocycles. The van der Waals surface area contributed by atoms with Gasteiger partial charge in [-0.1, -0.05) is 0 Å². The first-order valence-corrected chi connectivity index (χ1v) is 6.15. The Morgan fingerprint density at radius 2 is 2.05 bits per heavy atom. The van der Waals surface area contributed by atoms with Crippen LogP contribution in [0.15, 0.2) is 30.5 Å². The van der Waals surface area contributed by atoms with Crippen molar-refractivity contribution in [2.45, 2.75) is 19.9 Å². The lowest BCUT2D eigenvalue weighted by atomic mass is 10.1. The van der Waals surface area contributed by atoms with Crippen molar-refractivity contribution in [3.8, 4) is 0 Å². The van der Waals surface area contributed by atoms with Gasteiger partial charge in [-0.05, 0) is 38.1 Å². The number of rotatable bonds is 4. The van der Waals surface area contributed by atoms with Gasteiger partial charge in [0.15, 0.2) is 0 Å². The number of nitrogens with one attached hydrogen (secondary N) is 1. The van der Waals surface area contributed by atoms with Crippen LogP contribution in [-0.4, -0.2) is 34.3 Å². The van der Waals surface area contributed by atoms with Gasteiger partial charge in [0.2, 0.25) is 5.91 Å². The summed E-state index contributed by atoms with van der Waals surface area (Å²) in [4.78, 5) is 28.0. The molecule has 2 rings (SSSR count). The van der Waals surface area contributed by atoms with E-state index in [-0.39, 0.29) is 18.5 Å². The summed E-state index contributed by atoms with van der Waals surface area (Å²) in [7, 11) is 0. The second-order valence-electron chi connectivity index (χ2n) is 4.77. The van der Waals surface area contributed by atoms with Gasteiger partial charge in [0, 0.05) is 28.7 Å². The molecule has 0 saturated heterocycles. The Morgan fingerprint density at radius 3 is 2.68 bits per heavy atom. The predicted octanol–water partition coefficient (Wildman–Crippen LogP) is 1.50. The molecule has 0 aliphatic heterocycles. The molecule has 5 nitrogen and oxygen atoms in total. The van der Waals surface area contributed by atoms with E-state index in [0.717, 1.165) is 10.9 Å². The number of nitrogens with zero attached hydrogens (tertiary/aromatic N) is 1. The summed E-state index contributed by atoms with van der Waals surface area (Å²) in [6, 6.07) is 7.23. The number of carbonyl (C=O) groups is 2. The van der Waals surface area contributed by atoms with Gasteiger partial charge in [0.1, 0.15) is 0 Å². The predicted molar refractivity (Wildman–Crippen MR) is 73.7 cm³/mol. The molecular weight excluding hydrogens is 242 g/mol. The van der Waals surface area contributed by atoms with E-state index < -0.39 is 5.91 Å². The smallest absolute Gasteiger partial charge is 0.254 e. The monoisotopic (exact) mass is 259 g/mol. The summed E-state index contributed by atoms with van der Waals surface area (Å²) < 4.78 is 0. The second kappa shape index (κ2) is 5.14. The molecule has 0 atom stereocenters. The van der Waals surface area contributed by atoms with Crippen molar-refractivity contribution < 1.29 is 9.59 Å². The highest BCUT2D eigenvalue weighted by atomic mass is 16.2. The summed E-state index contributed by atoms with van der Waals surface area (Å²) in [5.41, 5.74) is 6.72. The fourth-order valence-electron chi connectivity index (χ4n) is 2.01. The van der Waals surface area contributed by atoms with Crippen LogP contribution >= 0.6 is 0 Å². The average Bonchev–Trinajstić information content (AvgIpc) is 2.81. The first-order valence-electron chi connectivity index (χ1n) is 6.15. The van der Waals surface area contributed by atoms with Crippen molar-refractivity contribution in [1.82, 2.24) is 9.88 Å². The van der Waals surface area contributed by atoms with E-state index in [2.05, 4.69) is 4.98 Å². The zero-order chi connectivity index (χ0) is 14.0. The number of aromatic nitrogens is 1. The molecule has 5 heteroatoms. The number of nitrogens with two attached hydrogens (primary N) is 1. The molecule has 0 radical (unpaired) electrons. The average molecular weight is 259 g/mol. The third kappa shape index (κ3) is 2.76. The van der Waals surface area contributed by atoms with E-state index in [1.807, 2.05) is 38.2 Å². The third-order valence-corrected chi connectivity index (χ3v) is 3.01. The van der Waals surface area contributed by atoms with Crippen LogP contribution in [0.4, 0.5) is 0 Å². The van der Waals surface area contributed by atoms with Gasteiger partial charge in [-0.2, -0.15) is 0 Å². The molecule has 1 heterocycles. The summed E-state index contributed by atoms with van der Waals surface area (Å²) in [6.07, 6.45) is 1.82. The maximum Gasteiger partial charge on any atom is 0.254 e. The number of hydrogen-bond donors (Lipinski definition) is 2. The highest BCUT2D eigenvalue weighted by molar-refractivity contribution is 5.99. The minimum absolute atomic E-state index is 0.0678. The van der Waals surface area contributed by atoms with E-state index in [9.17, 15) is 9.59 Å². The van der Waals surface area contributed by atoms with Gasteiger partial charge in [-0.15, -0.1) is 0 Å². The minimum Gasteiger partial charge on any atom is -0.368 e. The van der Waals surface area contributed by atoms with Crippen LogP contribution in [0.2, 0.25) is 0 Å². The van der Waals surface area contributed by atoms with Crippen molar-refractivity contribution in [3.63, 3.8) is 0 Å². The molecule has 0 spiro atoms. The molecule has 0 aliphatic rings. The maximum atomic E-state index is 12.4. The van der Waals surface area contributed by atoms with Crippen molar-refractivity contribution >= 4 is 22.7 Å². The highest BCUT2D eigenvalue weighted by Crippen LogP contribution is 2.16. The fourth-order valence-corrected chi connectivity index (χ4v) is 2.01. The molecule has 0 unspecified atom stereocenters. The lowest BCUT2D eigenvalue weighted by Crippen LogP contribution is -2.42. The van der Waals surface area contributed by atoms with Crippen molar-refractivity contribution in [3.05, 3.63) is 36.0 Å². The van der Waals surface area contributed by atoms with Crippen LogP contribution in [0.5, 0.6) is 0 Å². The van der Waals surface area contributed by atoms with Crippen LogP contribution in [0.1, 0.15) is 24.2 Å². The number of carbonyl (C=O) groups excluding carboxylic acids is 2. The lowest BCUT2D eigenvalue weighted by molar-refractivity contribution is -0.119. The van der Waals surface area contributed by atoms with E-state index in [1.54, 1.807) is 6.07 Å². The van der Waals surface area contributed by atoms with Gasteiger partial charge in [0.25, 0.3) is 5.91 Å². The zero-order valence-electron chi connectivity index (χ0n) is 11.0. The van der Waals surface area contributed by atoms with Crippen molar-refractivity contribution in [1.29, 1.82) is 0 Å². The Morgan fingerprint density at radius 1 is 1.32 bits per heavy atom. The van der Waals surface area contributed by atoms with E-state index >= 15 is 0 Å². The number of aromatic amines is 1. The van der Waals surface area contributed by atoms with Gasteiger partial charge in [-0.3, -0.25) is 9.59 Å². The standard InChI is InChI=1S/C14H17N3O2/c1-9(2)17(8-13(15)18)14(19)11-3-4-12-10(7-11)5-6-16-12/h3-7,9,16H,8H2,1-2H3,(H2,15,18). The maximum absolute atomic E-state index is 12.4. The van der Waals surface area contributed by atoms with Gasteiger partial charge in [-0.25, -0.2) is 0 Å². The third-order valence-electron chi connectivity index (χ3n) is 3.01. The molecule has 100 valence electrons. The molecule has 2 amide bonds. The molecule has 3 N–H and O–H groups in total. The van der Waals surface area contributed by atoms with Crippen molar-refractivity contribution in [2.24, 2.45) is 5.73 Å². The zero-order valence-corrected chi connectivity index (χ0v) is 11.0. The molecular formula is C14H17N3O2. The number of hydrogen-bond acceptors (Lipinski definition) is 2. The topological polar surface area (TPSA) is 79.2 Å². The molecule has 0 fully saturated rings. The number of amides is 2. The Balaban J connectivity index is 2.32. The van der Waals surface area contributed by atoms with Gasteiger partial charge < -0.3 is 15.6 Å². The fraction of sp³-hybridized carbons (Fsp3) is 0.286. The number of fused-ring (bicyclic) bond motifs is 1. The quantitative estimate of drug-likeness (QED) is 0.872. The number of primary amides is 1. The largest absolute Gasteiger partial charge is 0.368 e. The summed E-state index contributed by atoms with van der Waals surface area (Å²) >= 11 is 0. The molecule has 19 heavy (non-hydrogen) atoms. The highest BCUT2D eigenvalue weighted by Gasteiger charge is 2.20.